The van der Waals surface area contributed by atoms with Crippen LogP contribution in [0.5, 0.6) is 0 Å². The van der Waals surface area contributed by atoms with Gasteiger partial charge >= 0.3 is 0 Å². The molecule has 0 radical (unpaired) electrons. The van der Waals surface area contributed by atoms with E-state index in [1.54, 1.807) is 32.1 Å². The quantitative estimate of drug-likeness (QED) is 0.519. The maximum Gasteiger partial charge on any atom is 0.101 e. The molecule has 12 heavy (non-hydrogen) atoms. The standard InChI is InChI=1S/C12H19/c1-2-12-10-4-8-3-9(6-10)7-11(12)5-8/h8-11H,2-7H2,1H3/q+1. The van der Waals surface area contributed by atoms with Gasteiger partial charge in [0.2, 0.25) is 0 Å². The molecule has 0 aromatic rings. The highest BCUT2D eigenvalue weighted by atomic mass is 14.5. The molecule has 0 unspecified atom stereocenters. The summed E-state index contributed by atoms with van der Waals surface area (Å²) in [5.74, 6) is 6.39. The summed E-state index contributed by atoms with van der Waals surface area (Å²) in [5, 5.41) is 0. The van der Waals surface area contributed by atoms with Crippen LogP contribution in [0.3, 0.4) is 0 Å². The summed E-state index contributed by atoms with van der Waals surface area (Å²) in [6, 6.07) is 0. The van der Waals surface area contributed by atoms with Crippen molar-refractivity contribution in [2.45, 2.75) is 45.4 Å². The molecule has 0 aromatic carbocycles. The van der Waals surface area contributed by atoms with Gasteiger partial charge in [-0.1, -0.05) is 0 Å². The molecule has 4 aliphatic rings. The van der Waals surface area contributed by atoms with E-state index < -0.39 is 0 Å². The van der Waals surface area contributed by atoms with Crippen molar-refractivity contribution in [1.82, 2.24) is 0 Å². The van der Waals surface area contributed by atoms with E-state index in [1.807, 2.05) is 5.92 Å². The lowest BCUT2D eigenvalue weighted by atomic mass is 9.51. The Hall–Kier alpha value is -0.130. The Kier molecular flexibility index (Phi) is 1.48. The zero-order valence-electron chi connectivity index (χ0n) is 8.05. The van der Waals surface area contributed by atoms with Crippen molar-refractivity contribution < 1.29 is 0 Å². The second kappa shape index (κ2) is 2.43. The van der Waals surface area contributed by atoms with Gasteiger partial charge in [-0.3, -0.25) is 0 Å². The van der Waals surface area contributed by atoms with Crippen LogP contribution >= 0.6 is 0 Å². The summed E-state index contributed by atoms with van der Waals surface area (Å²) in [5.41, 5.74) is 0. The fourth-order valence-electron chi connectivity index (χ4n) is 4.37. The van der Waals surface area contributed by atoms with Gasteiger partial charge in [-0.2, -0.15) is 0 Å². The summed E-state index contributed by atoms with van der Waals surface area (Å²) in [4.78, 5) is 0. The van der Waals surface area contributed by atoms with E-state index in [-0.39, 0.29) is 0 Å². The van der Waals surface area contributed by atoms with Gasteiger partial charge in [-0.15, -0.1) is 0 Å². The first-order valence-corrected chi connectivity index (χ1v) is 5.72. The van der Waals surface area contributed by atoms with Crippen LogP contribution in [0.2, 0.25) is 0 Å². The van der Waals surface area contributed by atoms with Crippen molar-refractivity contribution in [3.05, 3.63) is 5.92 Å². The van der Waals surface area contributed by atoms with Crippen LogP contribution in [0.1, 0.15) is 45.4 Å². The Bertz CT molecular complexity index is 154. The van der Waals surface area contributed by atoms with E-state index in [4.69, 9.17) is 0 Å². The first kappa shape index (κ1) is 7.29. The molecule has 4 aliphatic carbocycles. The van der Waals surface area contributed by atoms with E-state index >= 15 is 0 Å². The average molecular weight is 163 g/mol. The number of hydrogen-bond acceptors (Lipinski definition) is 0. The fraction of sp³-hybridized carbons (Fsp3) is 0.917. The highest BCUT2D eigenvalue weighted by Crippen LogP contribution is 2.58. The van der Waals surface area contributed by atoms with Crippen molar-refractivity contribution in [3.63, 3.8) is 0 Å². The van der Waals surface area contributed by atoms with Gasteiger partial charge < -0.3 is 0 Å². The fourth-order valence-corrected chi connectivity index (χ4v) is 4.37. The van der Waals surface area contributed by atoms with Crippen molar-refractivity contribution >= 4 is 0 Å². The molecule has 0 aromatic heterocycles. The Morgan fingerprint density at radius 3 is 1.83 bits per heavy atom. The molecule has 4 saturated carbocycles. The van der Waals surface area contributed by atoms with Crippen molar-refractivity contribution in [2.75, 3.05) is 0 Å². The van der Waals surface area contributed by atoms with Gasteiger partial charge in [0.25, 0.3) is 0 Å². The van der Waals surface area contributed by atoms with Crippen molar-refractivity contribution in [2.24, 2.45) is 23.7 Å². The highest BCUT2D eigenvalue weighted by molar-refractivity contribution is 5.12. The molecule has 0 nitrogen and oxygen atoms in total. The van der Waals surface area contributed by atoms with E-state index in [0.29, 0.717) is 0 Å². The molecular formula is C12H19+. The summed E-state index contributed by atoms with van der Waals surface area (Å²) in [6.45, 7) is 2.37. The summed E-state index contributed by atoms with van der Waals surface area (Å²) < 4.78 is 0. The van der Waals surface area contributed by atoms with Crippen LogP contribution in [-0.2, 0) is 0 Å². The third kappa shape index (κ3) is 0.870. The second-order valence-corrected chi connectivity index (χ2v) is 5.23. The highest BCUT2D eigenvalue weighted by Gasteiger charge is 2.54. The molecule has 0 spiro atoms. The minimum Gasteiger partial charge on any atom is -0.0469 e. The van der Waals surface area contributed by atoms with Crippen LogP contribution in [0.15, 0.2) is 0 Å². The first-order valence-electron chi connectivity index (χ1n) is 5.72. The van der Waals surface area contributed by atoms with Gasteiger partial charge in [-0.25, -0.2) is 0 Å². The Morgan fingerprint density at radius 1 is 0.917 bits per heavy atom. The molecule has 0 atom stereocenters. The molecule has 0 aliphatic heterocycles. The van der Waals surface area contributed by atoms with Gasteiger partial charge in [0.15, 0.2) is 0 Å². The first-order chi connectivity index (χ1) is 5.86. The Morgan fingerprint density at radius 2 is 1.42 bits per heavy atom. The third-order valence-electron chi connectivity index (χ3n) is 4.60. The van der Waals surface area contributed by atoms with E-state index in [1.165, 1.54) is 6.42 Å². The van der Waals surface area contributed by atoms with Gasteiger partial charge in [0.1, 0.15) is 11.8 Å². The molecular weight excluding hydrogens is 144 g/mol. The normalized spacial score (nSPS) is 50.2. The van der Waals surface area contributed by atoms with Crippen LogP contribution in [-0.4, -0.2) is 0 Å². The van der Waals surface area contributed by atoms with Crippen LogP contribution < -0.4 is 0 Å². The van der Waals surface area contributed by atoms with Gasteiger partial charge in [-0.05, 0) is 50.9 Å². The average Bonchev–Trinajstić information content (AvgIpc) is 2.02. The van der Waals surface area contributed by atoms with E-state index in [0.717, 1.165) is 23.7 Å². The Balaban J connectivity index is 1.86. The maximum atomic E-state index is 2.37. The monoisotopic (exact) mass is 163 g/mol. The zero-order chi connectivity index (χ0) is 8.13. The van der Waals surface area contributed by atoms with Gasteiger partial charge in [0, 0.05) is 0 Å². The van der Waals surface area contributed by atoms with E-state index in [9.17, 15) is 0 Å². The lowest BCUT2D eigenvalue weighted by Gasteiger charge is -2.47. The smallest absolute Gasteiger partial charge is 0.0469 e. The SMILES string of the molecule is CC[C+]1C2CC3CC(C2)CC1C3. The minimum absolute atomic E-state index is 1.08. The summed E-state index contributed by atoms with van der Waals surface area (Å²) >= 11 is 0. The topological polar surface area (TPSA) is 0 Å². The van der Waals surface area contributed by atoms with Crippen molar-refractivity contribution in [3.8, 4) is 0 Å². The maximum absolute atomic E-state index is 2.37. The molecule has 0 heterocycles. The molecule has 0 heteroatoms. The van der Waals surface area contributed by atoms with Gasteiger partial charge in [0.05, 0.1) is 12.3 Å². The molecule has 0 saturated heterocycles. The van der Waals surface area contributed by atoms with Crippen LogP contribution in [0.4, 0.5) is 0 Å². The molecule has 4 rings (SSSR count). The lowest BCUT2D eigenvalue weighted by Crippen LogP contribution is -2.43. The predicted molar refractivity (Wildman–Crippen MR) is 50.6 cm³/mol. The van der Waals surface area contributed by atoms with E-state index in [2.05, 4.69) is 6.92 Å². The second-order valence-electron chi connectivity index (χ2n) is 5.23. The predicted octanol–water partition coefficient (Wildman–Crippen LogP) is 3.43. The molecule has 0 N–H and O–H groups in total. The van der Waals surface area contributed by atoms with Crippen molar-refractivity contribution in [1.29, 1.82) is 0 Å². The molecule has 4 bridgehead atoms. The number of rotatable bonds is 1. The molecule has 4 fully saturated rings. The number of hydrogen-bond donors (Lipinski definition) is 0. The summed E-state index contributed by atoms with van der Waals surface area (Å²) in [7, 11) is 0. The van der Waals surface area contributed by atoms with Crippen LogP contribution in [0, 0.1) is 29.6 Å². The molecule has 66 valence electrons. The largest absolute Gasteiger partial charge is 0.101 e. The Labute approximate surface area is 75.7 Å². The zero-order valence-corrected chi connectivity index (χ0v) is 8.05. The minimum atomic E-state index is 1.08. The van der Waals surface area contributed by atoms with Crippen LogP contribution in [0.25, 0.3) is 0 Å². The lowest BCUT2D eigenvalue weighted by molar-refractivity contribution is 0.0385. The molecule has 0 amide bonds. The summed E-state index contributed by atoms with van der Waals surface area (Å²) in [6.07, 6.45) is 9.23. The third-order valence-corrected chi connectivity index (χ3v) is 4.60.